The minimum Gasteiger partial charge on any atom is -0.382 e. The van der Waals surface area contributed by atoms with Crippen LogP contribution in [0.2, 0.25) is 0 Å². The predicted octanol–water partition coefficient (Wildman–Crippen LogP) is 5.14. The molecule has 1 aliphatic rings. The molecular formula is C18H23N. The van der Waals surface area contributed by atoms with Crippen molar-refractivity contribution < 1.29 is 0 Å². The first-order chi connectivity index (χ1) is 9.22. The number of fused-ring (bicyclic) bond motifs is 1. The maximum atomic E-state index is 3.74. The molecule has 0 spiro atoms. The highest BCUT2D eigenvalue weighted by atomic mass is 14.9. The van der Waals surface area contributed by atoms with Crippen LogP contribution in [0.5, 0.6) is 0 Å². The lowest BCUT2D eigenvalue weighted by Crippen LogP contribution is -2.26. The van der Waals surface area contributed by atoms with Gasteiger partial charge in [0, 0.05) is 11.7 Å². The van der Waals surface area contributed by atoms with Crippen LogP contribution < -0.4 is 5.32 Å². The monoisotopic (exact) mass is 253 g/mol. The van der Waals surface area contributed by atoms with Gasteiger partial charge < -0.3 is 5.32 Å². The molecule has 1 N–H and O–H groups in total. The molecule has 2 aromatic rings. The van der Waals surface area contributed by atoms with Crippen LogP contribution in [0, 0.1) is 12.8 Å². The molecule has 0 radical (unpaired) electrons. The topological polar surface area (TPSA) is 12.0 Å². The lowest BCUT2D eigenvalue weighted by atomic mass is 9.87. The van der Waals surface area contributed by atoms with E-state index in [0.29, 0.717) is 6.04 Å². The van der Waals surface area contributed by atoms with Gasteiger partial charge in [-0.2, -0.15) is 0 Å². The first-order valence-electron chi connectivity index (χ1n) is 7.48. The van der Waals surface area contributed by atoms with E-state index >= 15 is 0 Å². The van der Waals surface area contributed by atoms with Crippen LogP contribution in [0.1, 0.15) is 38.2 Å². The molecule has 3 rings (SSSR count). The second-order valence-electron chi connectivity index (χ2n) is 6.13. The van der Waals surface area contributed by atoms with Gasteiger partial charge in [0.2, 0.25) is 0 Å². The second kappa shape index (κ2) is 5.24. The number of aryl methyl sites for hydroxylation is 1. The Labute approximate surface area is 116 Å². The smallest absolute Gasteiger partial charge is 0.0351 e. The van der Waals surface area contributed by atoms with Crippen molar-refractivity contribution in [2.24, 2.45) is 5.92 Å². The van der Waals surface area contributed by atoms with Gasteiger partial charge in [-0.25, -0.2) is 0 Å². The van der Waals surface area contributed by atoms with E-state index in [1.165, 1.54) is 47.7 Å². The van der Waals surface area contributed by atoms with Gasteiger partial charge >= 0.3 is 0 Å². The number of benzene rings is 2. The fraction of sp³-hybridized carbons (Fsp3) is 0.444. The molecule has 0 saturated heterocycles. The molecule has 1 aliphatic carbocycles. The molecule has 1 heteroatoms. The summed E-state index contributed by atoms with van der Waals surface area (Å²) in [6.45, 7) is 4.58. The summed E-state index contributed by atoms with van der Waals surface area (Å²) >= 11 is 0. The maximum Gasteiger partial charge on any atom is 0.0351 e. The average Bonchev–Trinajstić information content (AvgIpc) is 2.39. The van der Waals surface area contributed by atoms with E-state index in [4.69, 9.17) is 0 Å². The van der Waals surface area contributed by atoms with Crippen molar-refractivity contribution in [3.8, 4) is 0 Å². The molecule has 1 nitrogen and oxygen atoms in total. The van der Waals surface area contributed by atoms with Crippen LogP contribution in [0.4, 0.5) is 5.69 Å². The van der Waals surface area contributed by atoms with Gasteiger partial charge in [-0.05, 0) is 54.2 Å². The molecule has 0 heterocycles. The molecule has 0 bridgehead atoms. The van der Waals surface area contributed by atoms with E-state index in [0.717, 1.165) is 5.92 Å². The molecule has 2 unspecified atom stereocenters. The third kappa shape index (κ3) is 2.75. The van der Waals surface area contributed by atoms with Crippen molar-refractivity contribution in [1.82, 2.24) is 0 Å². The first-order valence-corrected chi connectivity index (χ1v) is 7.48. The van der Waals surface area contributed by atoms with E-state index in [1.54, 1.807) is 0 Å². The van der Waals surface area contributed by atoms with Crippen LogP contribution in [0.25, 0.3) is 10.8 Å². The quantitative estimate of drug-likeness (QED) is 0.781. The Morgan fingerprint density at radius 2 is 1.95 bits per heavy atom. The van der Waals surface area contributed by atoms with Crippen LogP contribution in [0.15, 0.2) is 36.4 Å². The fourth-order valence-corrected chi connectivity index (χ4v) is 3.39. The Morgan fingerprint density at radius 3 is 2.79 bits per heavy atom. The molecule has 0 aliphatic heterocycles. The highest BCUT2D eigenvalue weighted by molar-refractivity contribution is 5.88. The van der Waals surface area contributed by atoms with Crippen LogP contribution in [0.3, 0.4) is 0 Å². The molecule has 2 aromatic carbocycles. The zero-order valence-electron chi connectivity index (χ0n) is 11.9. The molecule has 19 heavy (non-hydrogen) atoms. The zero-order chi connectivity index (χ0) is 13.2. The highest BCUT2D eigenvalue weighted by Crippen LogP contribution is 2.28. The van der Waals surface area contributed by atoms with Crippen molar-refractivity contribution in [3.63, 3.8) is 0 Å². The molecule has 1 saturated carbocycles. The third-order valence-electron chi connectivity index (χ3n) is 4.38. The summed E-state index contributed by atoms with van der Waals surface area (Å²) < 4.78 is 0. The minimum atomic E-state index is 0.657. The maximum absolute atomic E-state index is 3.74. The van der Waals surface area contributed by atoms with Gasteiger partial charge in [-0.3, -0.25) is 0 Å². The van der Waals surface area contributed by atoms with E-state index in [-0.39, 0.29) is 0 Å². The summed E-state index contributed by atoms with van der Waals surface area (Å²) in [5.41, 5.74) is 2.65. The van der Waals surface area contributed by atoms with E-state index < -0.39 is 0 Å². The van der Waals surface area contributed by atoms with Crippen molar-refractivity contribution in [3.05, 3.63) is 42.0 Å². The SMILES string of the molecule is Cc1cc(NC2CCCC(C)C2)cc2ccccc12. The molecule has 100 valence electrons. The lowest BCUT2D eigenvalue weighted by molar-refractivity contribution is 0.358. The lowest BCUT2D eigenvalue weighted by Gasteiger charge is -2.28. The summed E-state index contributed by atoms with van der Waals surface area (Å²) in [7, 11) is 0. The van der Waals surface area contributed by atoms with Crippen LogP contribution >= 0.6 is 0 Å². The van der Waals surface area contributed by atoms with Crippen molar-refractivity contribution in [1.29, 1.82) is 0 Å². The summed E-state index contributed by atoms with van der Waals surface area (Å²) in [5, 5.41) is 6.45. The standard InChI is InChI=1S/C18H23N/c1-13-6-5-8-16(10-13)19-17-11-14(2)18-9-4-3-7-15(18)12-17/h3-4,7,9,11-13,16,19H,5-6,8,10H2,1-2H3. The molecule has 0 amide bonds. The van der Waals surface area contributed by atoms with Gasteiger partial charge in [0.25, 0.3) is 0 Å². The van der Waals surface area contributed by atoms with Crippen LogP contribution in [-0.4, -0.2) is 6.04 Å². The largest absolute Gasteiger partial charge is 0.382 e. The van der Waals surface area contributed by atoms with E-state index in [2.05, 4.69) is 55.6 Å². The molecular weight excluding hydrogens is 230 g/mol. The Balaban J connectivity index is 1.85. The Hall–Kier alpha value is -1.50. The van der Waals surface area contributed by atoms with Crippen molar-refractivity contribution >= 4 is 16.5 Å². The molecule has 2 atom stereocenters. The Morgan fingerprint density at radius 1 is 1.11 bits per heavy atom. The van der Waals surface area contributed by atoms with Gasteiger partial charge in [0.15, 0.2) is 0 Å². The summed E-state index contributed by atoms with van der Waals surface area (Å²) in [4.78, 5) is 0. The molecule has 1 fully saturated rings. The predicted molar refractivity (Wildman–Crippen MR) is 83.7 cm³/mol. The number of hydrogen-bond donors (Lipinski definition) is 1. The van der Waals surface area contributed by atoms with Gasteiger partial charge in [-0.15, -0.1) is 0 Å². The van der Waals surface area contributed by atoms with Crippen molar-refractivity contribution in [2.75, 3.05) is 5.32 Å². The van der Waals surface area contributed by atoms with Crippen molar-refractivity contribution in [2.45, 2.75) is 45.6 Å². The number of anilines is 1. The second-order valence-corrected chi connectivity index (χ2v) is 6.13. The van der Waals surface area contributed by atoms with Gasteiger partial charge in [0.05, 0.1) is 0 Å². The summed E-state index contributed by atoms with van der Waals surface area (Å²) in [5.74, 6) is 0.868. The van der Waals surface area contributed by atoms with Gasteiger partial charge in [-0.1, -0.05) is 44.0 Å². The minimum absolute atomic E-state index is 0.657. The summed E-state index contributed by atoms with van der Waals surface area (Å²) in [6.07, 6.45) is 5.39. The van der Waals surface area contributed by atoms with E-state index in [1.807, 2.05) is 0 Å². The number of hydrogen-bond acceptors (Lipinski definition) is 1. The fourth-order valence-electron chi connectivity index (χ4n) is 3.39. The first kappa shape index (κ1) is 12.5. The highest BCUT2D eigenvalue weighted by Gasteiger charge is 2.18. The Bertz CT molecular complexity index is 573. The zero-order valence-corrected chi connectivity index (χ0v) is 11.9. The van der Waals surface area contributed by atoms with E-state index in [9.17, 15) is 0 Å². The van der Waals surface area contributed by atoms with Crippen LogP contribution in [-0.2, 0) is 0 Å². The van der Waals surface area contributed by atoms with Gasteiger partial charge in [0.1, 0.15) is 0 Å². The normalized spacial score (nSPS) is 23.5. The Kier molecular flexibility index (Phi) is 3.46. The third-order valence-corrected chi connectivity index (χ3v) is 4.38. The number of nitrogens with one attached hydrogen (secondary N) is 1. The number of rotatable bonds is 2. The summed E-state index contributed by atoms with van der Waals surface area (Å²) in [6, 6.07) is 13.9. The average molecular weight is 253 g/mol. The molecule has 0 aromatic heterocycles.